The number of carbonyl (C=O) groups excluding carboxylic acids is 1. The molecule has 138 valence electrons. The average molecular weight is 365 g/mol. The van der Waals surface area contributed by atoms with Crippen molar-refractivity contribution in [2.75, 3.05) is 12.4 Å². The van der Waals surface area contributed by atoms with Gasteiger partial charge in [-0.2, -0.15) is 9.78 Å². The third-order valence-electron chi connectivity index (χ3n) is 4.29. The minimum atomic E-state index is -0.621. The topological polar surface area (TPSA) is 93.5 Å². The fourth-order valence-electron chi connectivity index (χ4n) is 2.65. The Morgan fingerprint density at radius 3 is 2.63 bits per heavy atom. The Bertz CT molecular complexity index is 1070. The summed E-state index contributed by atoms with van der Waals surface area (Å²) in [6, 6.07) is 13.2. The van der Waals surface area contributed by atoms with Crippen molar-refractivity contribution in [3.63, 3.8) is 0 Å². The first-order valence-corrected chi connectivity index (χ1v) is 8.26. The smallest absolute Gasteiger partial charge is 0.279 e. The van der Waals surface area contributed by atoms with Crippen LogP contribution in [0.1, 0.15) is 21.6 Å². The van der Waals surface area contributed by atoms with Crippen molar-refractivity contribution in [3.05, 3.63) is 75.7 Å². The highest BCUT2D eigenvalue weighted by atomic mass is 16.5. The van der Waals surface area contributed by atoms with E-state index in [0.717, 1.165) is 21.9 Å². The molecule has 1 heterocycles. The van der Waals surface area contributed by atoms with Crippen molar-refractivity contribution in [2.24, 2.45) is 0 Å². The molecule has 0 radical (unpaired) electrons. The first-order chi connectivity index (χ1) is 12.9. The Balaban J connectivity index is 2.05. The van der Waals surface area contributed by atoms with Crippen LogP contribution < -0.4 is 15.6 Å². The van der Waals surface area contributed by atoms with Crippen LogP contribution in [0.2, 0.25) is 0 Å². The molecular formula is C20H19N3O4. The number of amides is 1. The maximum atomic E-state index is 12.7. The fraction of sp³-hybridized carbons (Fsp3) is 0.150. The van der Waals surface area contributed by atoms with Gasteiger partial charge in [-0.3, -0.25) is 9.59 Å². The standard InChI is InChI=1S/C20H19N3O4/c1-12-7-6-8-14(13(12)2)21-20(26)19-16(24)11-18(25)23(22-19)15-9-4-5-10-17(15)27-3/h4-11,24H,1-3H3,(H,21,26). The van der Waals surface area contributed by atoms with Crippen LogP contribution in [0, 0.1) is 13.8 Å². The second kappa shape index (κ2) is 7.33. The summed E-state index contributed by atoms with van der Waals surface area (Å²) in [5.74, 6) is -0.697. The van der Waals surface area contributed by atoms with Crippen molar-refractivity contribution in [3.8, 4) is 17.2 Å². The monoisotopic (exact) mass is 365 g/mol. The summed E-state index contributed by atoms with van der Waals surface area (Å²) in [7, 11) is 1.47. The minimum absolute atomic E-state index is 0.263. The summed E-state index contributed by atoms with van der Waals surface area (Å²) in [5.41, 5.74) is 2.05. The summed E-state index contributed by atoms with van der Waals surface area (Å²) in [5, 5.41) is 16.9. The molecule has 7 nitrogen and oxygen atoms in total. The van der Waals surface area contributed by atoms with E-state index in [0.29, 0.717) is 17.1 Å². The van der Waals surface area contributed by atoms with Crippen LogP contribution in [0.25, 0.3) is 5.69 Å². The molecule has 1 aromatic heterocycles. The van der Waals surface area contributed by atoms with Crippen LogP contribution in [0.5, 0.6) is 11.5 Å². The molecule has 0 spiro atoms. The molecule has 0 saturated heterocycles. The van der Waals surface area contributed by atoms with Crippen molar-refractivity contribution < 1.29 is 14.6 Å². The van der Waals surface area contributed by atoms with Crippen LogP contribution in [0.15, 0.2) is 53.3 Å². The maximum absolute atomic E-state index is 12.7. The highest BCUT2D eigenvalue weighted by Crippen LogP contribution is 2.23. The highest BCUT2D eigenvalue weighted by Gasteiger charge is 2.19. The van der Waals surface area contributed by atoms with Crippen molar-refractivity contribution >= 4 is 11.6 Å². The second-order valence-electron chi connectivity index (χ2n) is 6.00. The molecule has 0 bridgehead atoms. The van der Waals surface area contributed by atoms with Gasteiger partial charge in [0.1, 0.15) is 11.4 Å². The molecule has 3 rings (SSSR count). The highest BCUT2D eigenvalue weighted by molar-refractivity contribution is 6.05. The molecule has 0 aliphatic heterocycles. The van der Waals surface area contributed by atoms with Gasteiger partial charge in [-0.1, -0.05) is 24.3 Å². The number of para-hydroxylation sites is 2. The maximum Gasteiger partial charge on any atom is 0.279 e. The predicted octanol–water partition coefficient (Wildman–Crippen LogP) is 2.82. The molecule has 3 aromatic rings. The molecular weight excluding hydrogens is 346 g/mol. The van der Waals surface area contributed by atoms with Crippen molar-refractivity contribution in [1.82, 2.24) is 9.78 Å². The molecule has 0 atom stereocenters. The van der Waals surface area contributed by atoms with Gasteiger partial charge in [0, 0.05) is 11.8 Å². The number of aromatic nitrogens is 2. The lowest BCUT2D eigenvalue weighted by Crippen LogP contribution is -2.25. The van der Waals surface area contributed by atoms with E-state index in [1.54, 1.807) is 30.3 Å². The van der Waals surface area contributed by atoms with E-state index < -0.39 is 17.2 Å². The number of anilines is 1. The normalized spacial score (nSPS) is 10.5. The van der Waals surface area contributed by atoms with Gasteiger partial charge in [-0.15, -0.1) is 0 Å². The molecule has 0 saturated carbocycles. The Kier molecular flexibility index (Phi) is 4.94. The molecule has 2 N–H and O–H groups in total. The lowest BCUT2D eigenvalue weighted by atomic mass is 10.1. The van der Waals surface area contributed by atoms with Crippen LogP contribution in [-0.2, 0) is 0 Å². The first kappa shape index (κ1) is 18.2. The molecule has 1 amide bonds. The number of hydrogen-bond donors (Lipinski definition) is 2. The number of methoxy groups -OCH3 is 1. The van der Waals surface area contributed by atoms with Gasteiger partial charge in [0.2, 0.25) is 0 Å². The van der Waals surface area contributed by atoms with Crippen molar-refractivity contribution in [1.29, 1.82) is 0 Å². The zero-order chi connectivity index (χ0) is 19.6. The van der Waals surface area contributed by atoms with Gasteiger partial charge in [0.15, 0.2) is 11.4 Å². The van der Waals surface area contributed by atoms with Crippen LogP contribution in [0.4, 0.5) is 5.69 Å². The van der Waals surface area contributed by atoms with Gasteiger partial charge in [-0.25, -0.2) is 0 Å². The number of carbonyl (C=O) groups is 1. The summed E-state index contributed by atoms with van der Waals surface area (Å²) < 4.78 is 6.27. The quantitative estimate of drug-likeness (QED) is 0.742. The number of nitrogens with zero attached hydrogens (tertiary/aromatic N) is 2. The molecule has 27 heavy (non-hydrogen) atoms. The lowest BCUT2D eigenvalue weighted by molar-refractivity contribution is 0.101. The van der Waals surface area contributed by atoms with Crippen LogP contribution in [0.3, 0.4) is 0 Å². The molecule has 7 heteroatoms. The van der Waals surface area contributed by atoms with E-state index >= 15 is 0 Å². The molecule has 0 aliphatic carbocycles. The van der Waals surface area contributed by atoms with E-state index in [4.69, 9.17) is 4.74 Å². The van der Waals surface area contributed by atoms with Crippen LogP contribution >= 0.6 is 0 Å². The van der Waals surface area contributed by atoms with E-state index in [9.17, 15) is 14.7 Å². The van der Waals surface area contributed by atoms with Gasteiger partial charge in [0.25, 0.3) is 11.5 Å². The molecule has 0 unspecified atom stereocenters. The summed E-state index contributed by atoms with van der Waals surface area (Å²) in [4.78, 5) is 25.0. The number of aryl methyl sites for hydroxylation is 1. The van der Waals surface area contributed by atoms with Gasteiger partial charge in [-0.05, 0) is 43.2 Å². The van der Waals surface area contributed by atoms with E-state index in [1.807, 2.05) is 26.0 Å². The van der Waals surface area contributed by atoms with E-state index in [-0.39, 0.29) is 5.69 Å². The lowest BCUT2D eigenvalue weighted by Gasteiger charge is -2.13. The zero-order valence-corrected chi connectivity index (χ0v) is 15.2. The Hall–Kier alpha value is -3.61. The number of aromatic hydroxyl groups is 1. The summed E-state index contributed by atoms with van der Waals surface area (Å²) >= 11 is 0. The zero-order valence-electron chi connectivity index (χ0n) is 15.2. The SMILES string of the molecule is COc1ccccc1-n1nc(C(=O)Nc2cccc(C)c2C)c(O)cc1=O. The van der Waals surface area contributed by atoms with E-state index in [1.165, 1.54) is 7.11 Å². The van der Waals surface area contributed by atoms with Gasteiger partial charge < -0.3 is 15.2 Å². The summed E-state index contributed by atoms with van der Waals surface area (Å²) in [6.07, 6.45) is 0. The number of rotatable bonds is 4. The van der Waals surface area contributed by atoms with Gasteiger partial charge >= 0.3 is 0 Å². The minimum Gasteiger partial charge on any atom is -0.505 e. The third kappa shape index (κ3) is 3.52. The number of hydrogen-bond acceptors (Lipinski definition) is 5. The van der Waals surface area contributed by atoms with Crippen molar-refractivity contribution in [2.45, 2.75) is 13.8 Å². The number of benzene rings is 2. The first-order valence-electron chi connectivity index (χ1n) is 8.26. The average Bonchev–Trinajstić information content (AvgIpc) is 2.65. The Morgan fingerprint density at radius 2 is 1.89 bits per heavy atom. The third-order valence-corrected chi connectivity index (χ3v) is 4.29. The van der Waals surface area contributed by atoms with Crippen LogP contribution in [-0.4, -0.2) is 27.9 Å². The number of nitrogens with one attached hydrogen (secondary N) is 1. The van der Waals surface area contributed by atoms with Gasteiger partial charge in [0.05, 0.1) is 7.11 Å². The van der Waals surface area contributed by atoms with E-state index in [2.05, 4.69) is 10.4 Å². The Labute approximate surface area is 155 Å². The Morgan fingerprint density at radius 1 is 1.15 bits per heavy atom. The second-order valence-corrected chi connectivity index (χ2v) is 6.00. The molecule has 0 fully saturated rings. The fourth-order valence-corrected chi connectivity index (χ4v) is 2.65. The largest absolute Gasteiger partial charge is 0.505 e. The molecule has 2 aromatic carbocycles. The molecule has 0 aliphatic rings. The summed E-state index contributed by atoms with van der Waals surface area (Å²) in [6.45, 7) is 3.82. The number of ether oxygens (including phenoxy) is 1. The predicted molar refractivity (Wildman–Crippen MR) is 102 cm³/mol.